The molecule has 0 fully saturated rings. The fourth-order valence-corrected chi connectivity index (χ4v) is 1.24. The summed E-state index contributed by atoms with van der Waals surface area (Å²) in [6, 6.07) is 7.26. The van der Waals surface area contributed by atoms with Crippen LogP contribution in [0.2, 0.25) is 0 Å². The topological polar surface area (TPSA) is 64.7 Å². The average molecular weight is 225 g/mol. The van der Waals surface area contributed by atoms with E-state index in [2.05, 4.69) is 0 Å². The molecule has 16 heavy (non-hydrogen) atoms. The Morgan fingerprint density at radius 2 is 2.00 bits per heavy atom. The average Bonchev–Trinajstić information content (AvgIpc) is 2.30. The van der Waals surface area contributed by atoms with Crippen molar-refractivity contribution in [3.8, 4) is 11.5 Å². The lowest BCUT2D eigenvalue weighted by molar-refractivity contribution is 0.230. The van der Waals surface area contributed by atoms with Crippen LogP contribution in [-0.2, 0) is 0 Å². The number of benzene rings is 1. The van der Waals surface area contributed by atoms with Gasteiger partial charge in [0.15, 0.2) is 0 Å². The molecule has 0 bridgehead atoms. The Balaban J connectivity index is 2.38. The standard InChI is InChI=1S/C12H19NO3/c1-2-15-11-4-3-5-12(8-11)16-7-6-10(13)9-14/h3-5,8,10,14H,2,6-7,9,13H2,1H3. The highest BCUT2D eigenvalue weighted by Crippen LogP contribution is 2.19. The maximum absolute atomic E-state index is 8.75. The first-order valence-electron chi connectivity index (χ1n) is 5.48. The molecular formula is C12H19NO3. The Morgan fingerprint density at radius 3 is 2.62 bits per heavy atom. The Kier molecular flexibility index (Phi) is 5.67. The van der Waals surface area contributed by atoms with E-state index in [0.717, 1.165) is 11.5 Å². The van der Waals surface area contributed by atoms with Crippen molar-refractivity contribution in [1.82, 2.24) is 0 Å². The molecule has 0 aliphatic rings. The van der Waals surface area contributed by atoms with Gasteiger partial charge in [-0.2, -0.15) is 0 Å². The fourth-order valence-electron chi connectivity index (χ4n) is 1.24. The third kappa shape index (κ3) is 4.51. The zero-order chi connectivity index (χ0) is 11.8. The molecule has 0 amide bonds. The van der Waals surface area contributed by atoms with Gasteiger partial charge in [-0.25, -0.2) is 0 Å². The molecule has 1 rings (SSSR count). The molecule has 90 valence electrons. The molecule has 0 spiro atoms. The van der Waals surface area contributed by atoms with E-state index in [1.807, 2.05) is 31.2 Å². The van der Waals surface area contributed by atoms with Gasteiger partial charge in [-0.05, 0) is 25.5 Å². The van der Waals surface area contributed by atoms with E-state index >= 15 is 0 Å². The van der Waals surface area contributed by atoms with Crippen molar-refractivity contribution in [1.29, 1.82) is 0 Å². The maximum atomic E-state index is 8.75. The van der Waals surface area contributed by atoms with Crippen molar-refractivity contribution in [2.75, 3.05) is 19.8 Å². The summed E-state index contributed by atoms with van der Waals surface area (Å²) >= 11 is 0. The summed E-state index contributed by atoms with van der Waals surface area (Å²) in [5.74, 6) is 1.56. The predicted octanol–water partition coefficient (Wildman–Crippen LogP) is 1.17. The van der Waals surface area contributed by atoms with E-state index in [-0.39, 0.29) is 12.6 Å². The van der Waals surface area contributed by atoms with Gasteiger partial charge in [0.1, 0.15) is 11.5 Å². The second-order valence-corrected chi connectivity index (χ2v) is 3.49. The predicted molar refractivity (Wildman–Crippen MR) is 62.8 cm³/mol. The minimum absolute atomic E-state index is 0.0116. The molecule has 1 atom stereocenters. The van der Waals surface area contributed by atoms with Crippen molar-refractivity contribution < 1.29 is 14.6 Å². The monoisotopic (exact) mass is 225 g/mol. The number of hydrogen-bond acceptors (Lipinski definition) is 4. The van der Waals surface area contributed by atoms with Crippen LogP contribution in [0.5, 0.6) is 11.5 Å². The van der Waals surface area contributed by atoms with Crippen molar-refractivity contribution in [2.45, 2.75) is 19.4 Å². The number of nitrogens with two attached hydrogens (primary N) is 1. The van der Waals surface area contributed by atoms with Crippen LogP contribution in [0.15, 0.2) is 24.3 Å². The van der Waals surface area contributed by atoms with E-state index in [0.29, 0.717) is 19.6 Å². The molecule has 0 aromatic heterocycles. The van der Waals surface area contributed by atoms with Crippen molar-refractivity contribution in [3.63, 3.8) is 0 Å². The first kappa shape index (κ1) is 12.8. The lowest BCUT2D eigenvalue weighted by Gasteiger charge is -2.10. The summed E-state index contributed by atoms with van der Waals surface area (Å²) in [5.41, 5.74) is 5.56. The highest BCUT2D eigenvalue weighted by Gasteiger charge is 2.01. The van der Waals surface area contributed by atoms with E-state index in [4.69, 9.17) is 20.3 Å². The smallest absolute Gasteiger partial charge is 0.122 e. The summed E-state index contributed by atoms with van der Waals surface area (Å²) in [6.07, 6.45) is 0.634. The summed E-state index contributed by atoms with van der Waals surface area (Å²) in [4.78, 5) is 0. The number of rotatable bonds is 7. The first-order chi connectivity index (χ1) is 7.76. The van der Waals surface area contributed by atoms with E-state index < -0.39 is 0 Å². The van der Waals surface area contributed by atoms with Gasteiger partial charge in [0.2, 0.25) is 0 Å². The molecule has 0 aliphatic carbocycles. The number of aliphatic hydroxyl groups excluding tert-OH is 1. The molecule has 0 radical (unpaired) electrons. The summed E-state index contributed by atoms with van der Waals surface area (Å²) in [7, 11) is 0. The van der Waals surface area contributed by atoms with Crippen LogP contribution < -0.4 is 15.2 Å². The molecule has 3 N–H and O–H groups in total. The Hall–Kier alpha value is -1.26. The summed E-state index contributed by atoms with van der Waals surface area (Å²) in [6.45, 7) is 3.06. The Morgan fingerprint density at radius 1 is 1.31 bits per heavy atom. The minimum atomic E-state index is -0.213. The molecule has 1 unspecified atom stereocenters. The maximum Gasteiger partial charge on any atom is 0.122 e. The largest absolute Gasteiger partial charge is 0.494 e. The third-order valence-corrected chi connectivity index (χ3v) is 2.11. The zero-order valence-electron chi connectivity index (χ0n) is 9.56. The van der Waals surface area contributed by atoms with Gasteiger partial charge < -0.3 is 20.3 Å². The van der Waals surface area contributed by atoms with Gasteiger partial charge in [0.25, 0.3) is 0 Å². The number of hydrogen-bond donors (Lipinski definition) is 2. The van der Waals surface area contributed by atoms with Crippen LogP contribution in [0.4, 0.5) is 0 Å². The summed E-state index contributed by atoms with van der Waals surface area (Å²) in [5, 5.41) is 8.75. The van der Waals surface area contributed by atoms with Gasteiger partial charge in [0.05, 0.1) is 19.8 Å². The minimum Gasteiger partial charge on any atom is -0.494 e. The molecular weight excluding hydrogens is 206 g/mol. The second kappa shape index (κ2) is 7.09. The zero-order valence-corrected chi connectivity index (χ0v) is 9.56. The molecule has 1 aromatic carbocycles. The molecule has 1 aromatic rings. The van der Waals surface area contributed by atoms with Crippen molar-refractivity contribution in [2.24, 2.45) is 5.73 Å². The van der Waals surface area contributed by atoms with Crippen LogP contribution in [-0.4, -0.2) is 31.0 Å². The third-order valence-electron chi connectivity index (χ3n) is 2.11. The van der Waals surface area contributed by atoms with Crippen molar-refractivity contribution in [3.05, 3.63) is 24.3 Å². The van der Waals surface area contributed by atoms with E-state index in [1.165, 1.54) is 0 Å². The number of aliphatic hydroxyl groups is 1. The SMILES string of the molecule is CCOc1cccc(OCCC(N)CO)c1. The highest BCUT2D eigenvalue weighted by molar-refractivity contribution is 5.32. The quantitative estimate of drug-likeness (QED) is 0.731. The van der Waals surface area contributed by atoms with Crippen LogP contribution in [0, 0.1) is 0 Å². The van der Waals surface area contributed by atoms with Gasteiger partial charge >= 0.3 is 0 Å². The number of ether oxygens (including phenoxy) is 2. The van der Waals surface area contributed by atoms with Crippen LogP contribution >= 0.6 is 0 Å². The molecule has 0 saturated heterocycles. The van der Waals surface area contributed by atoms with Crippen LogP contribution in [0.1, 0.15) is 13.3 Å². The summed E-state index contributed by atoms with van der Waals surface area (Å²) < 4.78 is 10.8. The lowest BCUT2D eigenvalue weighted by atomic mass is 10.2. The Bertz CT molecular complexity index is 304. The molecule has 0 aliphatic heterocycles. The first-order valence-corrected chi connectivity index (χ1v) is 5.48. The van der Waals surface area contributed by atoms with Gasteiger partial charge in [0, 0.05) is 12.1 Å². The van der Waals surface area contributed by atoms with E-state index in [1.54, 1.807) is 0 Å². The second-order valence-electron chi connectivity index (χ2n) is 3.49. The molecule has 0 heterocycles. The normalized spacial score (nSPS) is 12.2. The molecule has 4 heteroatoms. The van der Waals surface area contributed by atoms with Crippen LogP contribution in [0.3, 0.4) is 0 Å². The fraction of sp³-hybridized carbons (Fsp3) is 0.500. The van der Waals surface area contributed by atoms with Crippen molar-refractivity contribution >= 4 is 0 Å². The highest BCUT2D eigenvalue weighted by atomic mass is 16.5. The van der Waals surface area contributed by atoms with Gasteiger partial charge in [-0.1, -0.05) is 6.07 Å². The van der Waals surface area contributed by atoms with Gasteiger partial charge in [-0.15, -0.1) is 0 Å². The van der Waals surface area contributed by atoms with E-state index in [9.17, 15) is 0 Å². The lowest BCUT2D eigenvalue weighted by Crippen LogP contribution is -2.26. The molecule has 4 nitrogen and oxygen atoms in total. The van der Waals surface area contributed by atoms with Gasteiger partial charge in [-0.3, -0.25) is 0 Å². The van der Waals surface area contributed by atoms with Crippen LogP contribution in [0.25, 0.3) is 0 Å². The molecule has 0 saturated carbocycles. The Labute approximate surface area is 96.0 Å².